The lowest BCUT2D eigenvalue weighted by molar-refractivity contribution is -0.385. The zero-order chi connectivity index (χ0) is 19.5. The van der Waals surface area contributed by atoms with Gasteiger partial charge in [0.05, 0.1) is 21.0 Å². The van der Waals surface area contributed by atoms with Crippen molar-refractivity contribution in [1.29, 1.82) is 0 Å². The summed E-state index contributed by atoms with van der Waals surface area (Å²) in [6.45, 7) is 5.10. The zero-order valence-electron chi connectivity index (χ0n) is 14.5. The van der Waals surface area contributed by atoms with Gasteiger partial charge in [-0.15, -0.1) is 0 Å². The molecule has 0 fully saturated rings. The molecule has 7 nitrogen and oxygen atoms in total. The van der Waals surface area contributed by atoms with Crippen LogP contribution in [-0.4, -0.2) is 27.3 Å². The minimum absolute atomic E-state index is 0.119. The number of nitrogens with one attached hydrogen (secondary N) is 1. The van der Waals surface area contributed by atoms with Crippen molar-refractivity contribution in [3.05, 3.63) is 74.8 Å². The average Bonchev–Trinajstić information content (AvgIpc) is 2.58. The van der Waals surface area contributed by atoms with Crippen LogP contribution in [0.3, 0.4) is 0 Å². The molecule has 1 N–H and O–H groups in total. The van der Waals surface area contributed by atoms with Crippen molar-refractivity contribution < 1.29 is 14.5 Å². The molecule has 0 aliphatic rings. The summed E-state index contributed by atoms with van der Waals surface area (Å²) in [4.78, 5) is 36.1. The molecule has 0 aliphatic heterocycles. The van der Waals surface area contributed by atoms with Gasteiger partial charge >= 0.3 is 0 Å². The topological polar surface area (TPSA) is 92.6 Å². The summed E-state index contributed by atoms with van der Waals surface area (Å²) in [5.74, 6) is -1.28. The number of nitro benzene ring substituents is 1. The third-order valence-corrected chi connectivity index (χ3v) is 3.87. The highest BCUT2D eigenvalue weighted by Gasteiger charge is 2.33. The third-order valence-electron chi connectivity index (χ3n) is 3.54. The third kappa shape index (κ3) is 4.18. The highest BCUT2D eigenvalue weighted by Crippen LogP contribution is 2.23. The first kappa shape index (κ1) is 19.4. The van der Waals surface area contributed by atoms with E-state index in [0.29, 0.717) is 0 Å². The van der Waals surface area contributed by atoms with Crippen LogP contribution in [0.25, 0.3) is 0 Å². The molecule has 2 rings (SSSR count). The molecule has 0 atom stereocenters. The number of carbonyl (C=O) groups excluding carboxylic acids is 2. The fourth-order valence-corrected chi connectivity index (χ4v) is 2.49. The lowest BCUT2D eigenvalue weighted by Crippen LogP contribution is -2.56. The minimum Gasteiger partial charge on any atom is -0.267 e. The Morgan fingerprint density at radius 2 is 1.58 bits per heavy atom. The SMILES string of the molecule is CC(C)(C)N(NC(=O)c1ccccc1Cl)C(=O)c1ccccc1[N+](=O)[O-]. The van der Waals surface area contributed by atoms with Crippen LogP contribution in [0.1, 0.15) is 41.5 Å². The van der Waals surface area contributed by atoms with Crippen molar-refractivity contribution in [3.8, 4) is 0 Å². The maximum absolute atomic E-state index is 12.9. The van der Waals surface area contributed by atoms with Crippen molar-refractivity contribution in [2.24, 2.45) is 0 Å². The van der Waals surface area contributed by atoms with E-state index in [0.717, 1.165) is 5.01 Å². The van der Waals surface area contributed by atoms with Crippen LogP contribution in [0.15, 0.2) is 48.5 Å². The number of hydrazine groups is 1. The molecule has 0 aliphatic carbocycles. The van der Waals surface area contributed by atoms with E-state index in [1.807, 2.05) is 0 Å². The molecule has 2 aromatic carbocycles. The molecule has 0 spiro atoms. The van der Waals surface area contributed by atoms with Crippen LogP contribution >= 0.6 is 11.6 Å². The van der Waals surface area contributed by atoms with E-state index < -0.39 is 22.3 Å². The molecule has 26 heavy (non-hydrogen) atoms. The van der Waals surface area contributed by atoms with Gasteiger partial charge in [0.1, 0.15) is 5.56 Å². The molecule has 136 valence electrons. The second-order valence-electron chi connectivity index (χ2n) is 6.51. The maximum Gasteiger partial charge on any atom is 0.282 e. The Balaban J connectivity index is 2.40. The molecule has 2 amide bonds. The summed E-state index contributed by atoms with van der Waals surface area (Å²) >= 11 is 6.03. The average molecular weight is 376 g/mol. The Labute approximate surface area is 155 Å². The van der Waals surface area contributed by atoms with E-state index in [1.165, 1.54) is 30.3 Å². The summed E-state index contributed by atoms with van der Waals surface area (Å²) in [6.07, 6.45) is 0. The van der Waals surface area contributed by atoms with E-state index in [-0.39, 0.29) is 21.8 Å². The van der Waals surface area contributed by atoms with Gasteiger partial charge in [-0.2, -0.15) is 0 Å². The standard InChI is InChI=1S/C18H18ClN3O4/c1-18(2,3)21(20-16(23)12-8-4-6-10-14(12)19)17(24)13-9-5-7-11-15(13)22(25)26/h4-11H,1-3H3,(H,20,23). The number of amides is 2. The van der Waals surface area contributed by atoms with Crippen LogP contribution in [0.4, 0.5) is 5.69 Å². The van der Waals surface area contributed by atoms with Gasteiger partial charge in [0, 0.05) is 6.07 Å². The normalized spacial score (nSPS) is 10.9. The lowest BCUT2D eigenvalue weighted by atomic mass is 10.1. The van der Waals surface area contributed by atoms with E-state index >= 15 is 0 Å². The van der Waals surface area contributed by atoms with Crippen LogP contribution in [0.2, 0.25) is 5.02 Å². The number of benzene rings is 2. The van der Waals surface area contributed by atoms with Crippen LogP contribution in [0, 0.1) is 10.1 Å². The quantitative estimate of drug-likeness (QED) is 0.651. The number of nitrogens with zero attached hydrogens (tertiary/aromatic N) is 2. The van der Waals surface area contributed by atoms with Crippen LogP contribution in [0.5, 0.6) is 0 Å². The van der Waals surface area contributed by atoms with Gasteiger partial charge in [-0.3, -0.25) is 25.1 Å². The largest absolute Gasteiger partial charge is 0.282 e. The van der Waals surface area contributed by atoms with Crippen LogP contribution in [-0.2, 0) is 0 Å². The molecular formula is C18H18ClN3O4. The molecule has 0 bridgehead atoms. The number of halogens is 1. The van der Waals surface area contributed by atoms with Crippen molar-refractivity contribution in [1.82, 2.24) is 10.4 Å². The van der Waals surface area contributed by atoms with Gasteiger partial charge < -0.3 is 0 Å². The molecule has 0 aromatic heterocycles. The van der Waals surface area contributed by atoms with Crippen molar-refractivity contribution in [2.75, 3.05) is 0 Å². The van der Waals surface area contributed by atoms with E-state index in [2.05, 4.69) is 5.43 Å². The maximum atomic E-state index is 12.9. The first-order valence-electron chi connectivity index (χ1n) is 7.76. The monoisotopic (exact) mass is 375 g/mol. The Morgan fingerprint density at radius 3 is 2.12 bits per heavy atom. The molecule has 8 heteroatoms. The van der Waals surface area contributed by atoms with Gasteiger partial charge in [0.25, 0.3) is 17.5 Å². The predicted octanol–water partition coefficient (Wildman–Crippen LogP) is 3.83. The molecule has 0 radical (unpaired) electrons. The number of carbonyl (C=O) groups is 2. The summed E-state index contributed by atoms with van der Waals surface area (Å²) in [5.41, 5.74) is 1.42. The van der Waals surface area contributed by atoms with E-state index in [1.54, 1.807) is 39.0 Å². The Hall–Kier alpha value is -2.93. The molecule has 0 saturated carbocycles. The summed E-state index contributed by atoms with van der Waals surface area (Å²) in [7, 11) is 0. The van der Waals surface area contributed by atoms with Crippen molar-refractivity contribution in [2.45, 2.75) is 26.3 Å². The lowest BCUT2D eigenvalue weighted by Gasteiger charge is -2.35. The molecular weight excluding hydrogens is 358 g/mol. The zero-order valence-corrected chi connectivity index (χ0v) is 15.3. The summed E-state index contributed by atoms with van der Waals surface area (Å²) in [5, 5.41) is 12.5. The second kappa shape index (κ2) is 7.53. The smallest absolute Gasteiger partial charge is 0.267 e. The van der Waals surface area contributed by atoms with E-state index in [9.17, 15) is 19.7 Å². The molecule has 2 aromatic rings. The summed E-state index contributed by atoms with van der Waals surface area (Å²) < 4.78 is 0. The van der Waals surface area contributed by atoms with Gasteiger partial charge in [0.15, 0.2) is 0 Å². The van der Waals surface area contributed by atoms with Gasteiger partial charge in [0.2, 0.25) is 0 Å². The summed E-state index contributed by atoms with van der Waals surface area (Å²) in [6, 6.07) is 12.0. The number of nitro groups is 1. The predicted molar refractivity (Wildman–Crippen MR) is 97.9 cm³/mol. The fourth-order valence-electron chi connectivity index (χ4n) is 2.26. The molecule has 0 saturated heterocycles. The van der Waals surface area contributed by atoms with Crippen molar-refractivity contribution in [3.63, 3.8) is 0 Å². The number of hydrogen-bond acceptors (Lipinski definition) is 4. The number of hydrogen-bond donors (Lipinski definition) is 1. The van der Waals surface area contributed by atoms with Crippen LogP contribution < -0.4 is 5.43 Å². The highest BCUT2D eigenvalue weighted by atomic mass is 35.5. The number of rotatable bonds is 3. The molecule has 0 heterocycles. The fraction of sp³-hybridized carbons (Fsp3) is 0.222. The molecule has 0 unspecified atom stereocenters. The Bertz CT molecular complexity index is 862. The second-order valence-corrected chi connectivity index (χ2v) is 6.91. The minimum atomic E-state index is -0.836. The van der Waals surface area contributed by atoms with Gasteiger partial charge in [-0.1, -0.05) is 35.9 Å². The highest BCUT2D eigenvalue weighted by molar-refractivity contribution is 6.33. The van der Waals surface area contributed by atoms with Crippen molar-refractivity contribution >= 4 is 29.1 Å². The van der Waals surface area contributed by atoms with E-state index in [4.69, 9.17) is 11.6 Å². The first-order valence-corrected chi connectivity index (χ1v) is 8.14. The van der Waals surface area contributed by atoms with Gasteiger partial charge in [-0.25, -0.2) is 5.01 Å². The number of para-hydroxylation sites is 1. The Kier molecular flexibility index (Phi) is 5.62. The first-order chi connectivity index (χ1) is 12.1. The van der Waals surface area contributed by atoms with Gasteiger partial charge in [-0.05, 0) is 39.0 Å². The Morgan fingerprint density at radius 1 is 1.04 bits per heavy atom.